The molecule has 138 valence electrons. The van der Waals surface area contributed by atoms with Crippen LogP contribution in [0.3, 0.4) is 0 Å². The number of nitrogens with zero attached hydrogens (tertiary/aromatic N) is 4. The lowest BCUT2D eigenvalue weighted by molar-refractivity contribution is -0.158. The molecule has 0 aromatic heterocycles. The average molecular weight is 363 g/mol. The van der Waals surface area contributed by atoms with E-state index in [2.05, 4.69) is 25.3 Å². The second kappa shape index (κ2) is 7.76. The summed E-state index contributed by atoms with van der Waals surface area (Å²) in [6.07, 6.45) is -0.639. The van der Waals surface area contributed by atoms with Crippen molar-refractivity contribution in [1.82, 2.24) is 5.32 Å². The Kier molecular flexibility index (Phi) is 5.70. The SMILES string of the molecule is CC(=O)NC1=NC(=O)C2N=C([C@@H](OC(C)=O)[C@H](C)OC(C)=O)C=NC2=N1. The molecule has 0 fully saturated rings. The molecule has 1 unspecified atom stereocenters. The fourth-order valence-corrected chi connectivity index (χ4v) is 2.26. The molecule has 11 heteroatoms. The van der Waals surface area contributed by atoms with Gasteiger partial charge < -0.3 is 9.47 Å². The number of carbonyl (C=O) groups excluding carboxylic acids is 4. The molecule has 0 bridgehead atoms. The molecule has 0 saturated heterocycles. The van der Waals surface area contributed by atoms with Crippen molar-refractivity contribution < 1.29 is 28.7 Å². The summed E-state index contributed by atoms with van der Waals surface area (Å²) in [4.78, 5) is 61.6. The first-order valence-electron chi connectivity index (χ1n) is 7.62. The minimum absolute atomic E-state index is 0.0409. The van der Waals surface area contributed by atoms with Crippen LogP contribution in [0.1, 0.15) is 27.7 Å². The largest absolute Gasteiger partial charge is 0.458 e. The predicted octanol–water partition coefficient (Wildman–Crippen LogP) is -0.805. The Morgan fingerprint density at radius 1 is 1.12 bits per heavy atom. The summed E-state index contributed by atoms with van der Waals surface area (Å²) < 4.78 is 10.2. The van der Waals surface area contributed by atoms with Crippen molar-refractivity contribution in [3.05, 3.63) is 0 Å². The zero-order valence-corrected chi connectivity index (χ0v) is 14.5. The monoisotopic (exact) mass is 363 g/mol. The predicted molar refractivity (Wildman–Crippen MR) is 90.2 cm³/mol. The third kappa shape index (κ3) is 4.65. The maximum atomic E-state index is 12.2. The van der Waals surface area contributed by atoms with Crippen molar-refractivity contribution in [2.45, 2.75) is 45.9 Å². The lowest BCUT2D eigenvalue weighted by Crippen LogP contribution is -2.45. The van der Waals surface area contributed by atoms with E-state index < -0.39 is 42.0 Å². The van der Waals surface area contributed by atoms with Crippen molar-refractivity contribution in [2.24, 2.45) is 20.0 Å². The van der Waals surface area contributed by atoms with Gasteiger partial charge in [-0.05, 0) is 6.92 Å². The summed E-state index contributed by atoms with van der Waals surface area (Å²) in [7, 11) is 0. The van der Waals surface area contributed by atoms with Crippen LogP contribution >= 0.6 is 0 Å². The number of amides is 2. The Labute approximate surface area is 148 Å². The molecule has 2 rings (SSSR count). The highest BCUT2D eigenvalue weighted by molar-refractivity contribution is 6.39. The molecule has 0 aliphatic carbocycles. The van der Waals surface area contributed by atoms with Gasteiger partial charge in [0.05, 0.1) is 11.9 Å². The number of ether oxygens (including phenoxy) is 2. The highest BCUT2D eigenvalue weighted by Gasteiger charge is 2.36. The van der Waals surface area contributed by atoms with Gasteiger partial charge in [0.1, 0.15) is 6.10 Å². The molecule has 0 radical (unpaired) electrons. The van der Waals surface area contributed by atoms with Crippen LogP contribution in [0, 0.1) is 0 Å². The molecule has 0 aromatic carbocycles. The topological polar surface area (TPSA) is 148 Å². The van der Waals surface area contributed by atoms with Crippen LogP contribution in [-0.2, 0) is 28.7 Å². The minimum atomic E-state index is -1.13. The Balaban J connectivity index is 2.28. The second-order valence-corrected chi connectivity index (χ2v) is 5.48. The van der Waals surface area contributed by atoms with Crippen LogP contribution in [-0.4, -0.2) is 65.7 Å². The van der Waals surface area contributed by atoms with Gasteiger partial charge in [-0.25, -0.2) is 4.99 Å². The van der Waals surface area contributed by atoms with Gasteiger partial charge in [-0.15, -0.1) is 0 Å². The molecule has 2 aliphatic rings. The van der Waals surface area contributed by atoms with Crippen LogP contribution in [0.4, 0.5) is 0 Å². The number of hydrogen-bond acceptors (Lipinski definition) is 9. The van der Waals surface area contributed by atoms with E-state index in [1.54, 1.807) is 0 Å². The molecule has 26 heavy (non-hydrogen) atoms. The van der Waals surface area contributed by atoms with Crippen molar-refractivity contribution in [1.29, 1.82) is 0 Å². The Morgan fingerprint density at radius 3 is 2.35 bits per heavy atom. The van der Waals surface area contributed by atoms with E-state index in [1.807, 2.05) is 0 Å². The number of rotatable bonds is 4. The lowest BCUT2D eigenvalue weighted by Gasteiger charge is -2.26. The van der Waals surface area contributed by atoms with E-state index in [4.69, 9.17) is 9.47 Å². The molecule has 3 atom stereocenters. The van der Waals surface area contributed by atoms with Gasteiger partial charge in [0.2, 0.25) is 11.9 Å². The summed E-state index contributed by atoms with van der Waals surface area (Å²) in [5.74, 6) is -2.44. The Morgan fingerprint density at radius 2 is 1.77 bits per heavy atom. The van der Waals surface area contributed by atoms with Crippen molar-refractivity contribution >= 4 is 47.5 Å². The standard InChI is InChI=1S/C15H17N5O6/c1-6(25-8(3)22)12(26-9(4)23)10-5-16-13-11(18-10)14(24)20-15(19-13)17-7(2)21/h5-6,11-12H,1-4H3,(H,17,20,21,24)/t6-,11?,12-/m0/s1. The van der Waals surface area contributed by atoms with Gasteiger partial charge in [-0.3, -0.25) is 29.5 Å². The fourth-order valence-electron chi connectivity index (χ4n) is 2.26. The quantitative estimate of drug-likeness (QED) is 0.646. The highest BCUT2D eigenvalue weighted by Crippen LogP contribution is 2.15. The number of esters is 2. The molecule has 1 N–H and O–H groups in total. The normalized spacial score (nSPS) is 20.7. The molecule has 2 amide bonds. The molecule has 2 aliphatic heterocycles. The first kappa shape index (κ1) is 19.1. The lowest BCUT2D eigenvalue weighted by atomic mass is 10.1. The minimum Gasteiger partial charge on any atom is -0.458 e. The maximum absolute atomic E-state index is 12.2. The van der Waals surface area contributed by atoms with Gasteiger partial charge in [-0.1, -0.05) is 0 Å². The van der Waals surface area contributed by atoms with Gasteiger partial charge in [0.25, 0.3) is 5.91 Å². The summed E-state index contributed by atoms with van der Waals surface area (Å²) in [6, 6.07) is -1.13. The summed E-state index contributed by atoms with van der Waals surface area (Å²) in [5.41, 5.74) is 0.129. The molecule has 0 saturated carbocycles. The van der Waals surface area contributed by atoms with Crippen LogP contribution in [0.2, 0.25) is 0 Å². The Hall–Kier alpha value is -3.24. The van der Waals surface area contributed by atoms with Crippen LogP contribution in [0.15, 0.2) is 20.0 Å². The van der Waals surface area contributed by atoms with E-state index in [0.717, 1.165) is 0 Å². The molecular formula is C15H17N5O6. The smallest absolute Gasteiger partial charge is 0.303 e. The highest BCUT2D eigenvalue weighted by atomic mass is 16.6. The zero-order valence-electron chi connectivity index (χ0n) is 14.5. The van der Waals surface area contributed by atoms with Crippen LogP contribution in [0.5, 0.6) is 0 Å². The van der Waals surface area contributed by atoms with Crippen LogP contribution in [0.25, 0.3) is 0 Å². The molecule has 2 heterocycles. The van der Waals surface area contributed by atoms with Gasteiger partial charge in [-0.2, -0.15) is 9.98 Å². The van der Waals surface area contributed by atoms with Gasteiger partial charge >= 0.3 is 11.9 Å². The third-order valence-corrected chi connectivity index (χ3v) is 3.17. The van der Waals surface area contributed by atoms with Crippen LogP contribution < -0.4 is 5.32 Å². The summed E-state index contributed by atoms with van der Waals surface area (Å²) >= 11 is 0. The number of nitrogens with one attached hydrogen (secondary N) is 1. The number of amidine groups is 1. The number of fused-ring (bicyclic) bond motifs is 1. The van der Waals surface area contributed by atoms with E-state index >= 15 is 0 Å². The number of guanidine groups is 1. The average Bonchev–Trinajstić information content (AvgIpc) is 2.51. The first-order chi connectivity index (χ1) is 12.2. The second-order valence-electron chi connectivity index (χ2n) is 5.48. The zero-order chi connectivity index (χ0) is 19.4. The molecule has 0 aromatic rings. The van der Waals surface area contributed by atoms with Gasteiger partial charge in [0, 0.05) is 20.8 Å². The van der Waals surface area contributed by atoms with E-state index in [-0.39, 0.29) is 17.5 Å². The maximum Gasteiger partial charge on any atom is 0.303 e. The van der Waals surface area contributed by atoms with Gasteiger partial charge in [0.15, 0.2) is 18.0 Å². The number of aliphatic imine (C=N–C) groups is 4. The Bertz CT molecular complexity index is 781. The van der Waals surface area contributed by atoms with E-state index in [9.17, 15) is 19.2 Å². The first-order valence-corrected chi connectivity index (χ1v) is 7.62. The molecule has 11 nitrogen and oxygen atoms in total. The van der Waals surface area contributed by atoms with Crippen molar-refractivity contribution in [3.8, 4) is 0 Å². The van der Waals surface area contributed by atoms with E-state index in [0.29, 0.717) is 0 Å². The van der Waals surface area contributed by atoms with Crippen molar-refractivity contribution in [3.63, 3.8) is 0 Å². The fraction of sp³-hybridized carbons (Fsp3) is 0.467. The molecular weight excluding hydrogens is 346 g/mol. The van der Waals surface area contributed by atoms with Crippen molar-refractivity contribution in [2.75, 3.05) is 0 Å². The number of carbonyl (C=O) groups is 4. The summed E-state index contributed by atoms with van der Waals surface area (Å²) in [5, 5.41) is 2.30. The number of hydrogen-bond donors (Lipinski definition) is 1. The third-order valence-electron chi connectivity index (χ3n) is 3.17. The summed E-state index contributed by atoms with van der Waals surface area (Å²) in [6.45, 7) is 5.17. The van der Waals surface area contributed by atoms with E-state index in [1.165, 1.54) is 33.9 Å². The molecule has 0 spiro atoms.